The zero-order chi connectivity index (χ0) is 31.3. The van der Waals surface area contributed by atoms with Gasteiger partial charge in [0, 0.05) is 66.6 Å². The third-order valence-electron chi connectivity index (χ3n) is 9.37. The summed E-state index contributed by atoms with van der Waals surface area (Å²) in [7, 11) is 0. The first-order chi connectivity index (χ1) is 22.6. The molecular weight excluding hydrogens is 576 g/mol. The first-order valence-electron chi connectivity index (χ1n) is 16.1. The Kier molecular flexibility index (Phi) is 8.78. The van der Waals surface area contributed by atoms with Crippen LogP contribution in [-0.4, -0.2) is 79.5 Å². The van der Waals surface area contributed by atoms with Crippen LogP contribution in [0.3, 0.4) is 0 Å². The van der Waals surface area contributed by atoms with Gasteiger partial charge in [-0.05, 0) is 86.5 Å². The average molecular weight is 615 g/mol. The van der Waals surface area contributed by atoms with Crippen molar-refractivity contribution in [2.75, 3.05) is 38.0 Å². The van der Waals surface area contributed by atoms with E-state index in [9.17, 15) is 9.59 Å². The Hall–Kier alpha value is -4.96. The van der Waals surface area contributed by atoms with Gasteiger partial charge < -0.3 is 10.2 Å². The number of hydrogen-bond acceptors (Lipinski definition) is 7. The summed E-state index contributed by atoms with van der Waals surface area (Å²) < 4.78 is 0. The SMILES string of the molecule is O=C(Nc1ccc2[nH]nc(-c3ccncc3)c2c1)[C@@H]1CCN(CC(=O)N2CCC(CCc3ccc(-c4ncccn4)cc3)CC2)C1. The number of benzene rings is 2. The maximum atomic E-state index is 13.2. The predicted octanol–water partition coefficient (Wildman–Crippen LogP) is 5.21. The summed E-state index contributed by atoms with van der Waals surface area (Å²) in [6.07, 6.45) is 12.0. The fourth-order valence-electron chi connectivity index (χ4n) is 6.66. The molecule has 5 aromatic rings. The summed E-state index contributed by atoms with van der Waals surface area (Å²) in [4.78, 5) is 43.2. The van der Waals surface area contributed by atoms with Crippen LogP contribution in [0.15, 0.2) is 85.5 Å². The van der Waals surface area contributed by atoms with Crippen molar-refractivity contribution in [1.29, 1.82) is 0 Å². The molecule has 2 aliphatic heterocycles. The minimum absolute atomic E-state index is 0.00731. The maximum absolute atomic E-state index is 13.2. The van der Waals surface area contributed by atoms with E-state index in [0.29, 0.717) is 19.0 Å². The highest BCUT2D eigenvalue weighted by Crippen LogP contribution is 2.29. The number of nitrogens with zero attached hydrogens (tertiary/aromatic N) is 6. The number of H-pyrrole nitrogens is 1. The molecule has 0 spiro atoms. The molecule has 2 aliphatic rings. The molecule has 10 heteroatoms. The lowest BCUT2D eigenvalue weighted by molar-refractivity contribution is -0.133. The van der Waals surface area contributed by atoms with E-state index in [-0.39, 0.29) is 17.7 Å². The molecule has 0 saturated carbocycles. The summed E-state index contributed by atoms with van der Waals surface area (Å²) in [5.74, 6) is 1.40. The Balaban J connectivity index is 0.850. The molecule has 2 amide bonds. The molecule has 0 unspecified atom stereocenters. The van der Waals surface area contributed by atoms with Gasteiger partial charge in [0.1, 0.15) is 5.69 Å². The van der Waals surface area contributed by atoms with E-state index in [1.807, 2.05) is 41.3 Å². The van der Waals surface area contributed by atoms with Crippen molar-refractivity contribution < 1.29 is 9.59 Å². The minimum Gasteiger partial charge on any atom is -0.342 e. The number of likely N-dealkylation sites (tertiary alicyclic amines) is 2. The number of aryl methyl sites for hydroxylation is 1. The minimum atomic E-state index is -0.146. The largest absolute Gasteiger partial charge is 0.342 e. The average Bonchev–Trinajstić information content (AvgIpc) is 3.76. The lowest BCUT2D eigenvalue weighted by Gasteiger charge is -2.33. The number of aromatic amines is 1. The number of fused-ring (bicyclic) bond motifs is 1. The van der Waals surface area contributed by atoms with Crippen molar-refractivity contribution in [3.8, 4) is 22.6 Å². The molecule has 2 fully saturated rings. The summed E-state index contributed by atoms with van der Waals surface area (Å²) in [5.41, 5.74) is 5.79. The Morgan fingerprint density at radius 1 is 0.870 bits per heavy atom. The van der Waals surface area contributed by atoms with Gasteiger partial charge in [0.2, 0.25) is 11.8 Å². The maximum Gasteiger partial charge on any atom is 0.236 e. The Bertz CT molecular complexity index is 1780. The number of carbonyl (C=O) groups excluding carboxylic acids is 2. The fourth-order valence-corrected chi connectivity index (χ4v) is 6.66. The van der Waals surface area contributed by atoms with E-state index in [1.54, 1.807) is 24.8 Å². The number of amides is 2. The van der Waals surface area contributed by atoms with Crippen LogP contribution in [0.25, 0.3) is 33.5 Å². The third kappa shape index (κ3) is 6.82. The summed E-state index contributed by atoms with van der Waals surface area (Å²) in [5, 5.41) is 11.6. The molecular formula is C36H38N8O2. The molecule has 234 valence electrons. The van der Waals surface area contributed by atoms with E-state index < -0.39 is 0 Å². The number of piperidine rings is 1. The standard InChI is InChI=1S/C36H38N8O2/c45-33(44-20-12-26(13-21-44)3-2-25-4-6-28(7-5-25)35-38-15-1-16-39-35)24-43-19-14-29(23-43)36(46)40-30-8-9-32-31(22-30)34(42-41-32)27-10-17-37-18-11-27/h1,4-11,15-18,22,26,29H,2-3,12-14,19-21,23-24H2,(H,40,46)(H,41,42)/t29-/m1/s1. The molecule has 7 rings (SSSR count). The van der Waals surface area contributed by atoms with Crippen LogP contribution in [0, 0.1) is 11.8 Å². The van der Waals surface area contributed by atoms with Crippen molar-refractivity contribution in [3.05, 3.63) is 91.0 Å². The van der Waals surface area contributed by atoms with E-state index >= 15 is 0 Å². The van der Waals surface area contributed by atoms with Crippen LogP contribution in [0.4, 0.5) is 5.69 Å². The topological polar surface area (TPSA) is 120 Å². The highest BCUT2D eigenvalue weighted by molar-refractivity contribution is 5.99. The quantitative estimate of drug-likeness (QED) is 0.234. The first kappa shape index (κ1) is 29.7. The number of rotatable bonds is 9. The Labute approximate surface area is 268 Å². The van der Waals surface area contributed by atoms with Gasteiger partial charge in [-0.1, -0.05) is 24.3 Å². The molecule has 2 saturated heterocycles. The number of nitrogens with one attached hydrogen (secondary N) is 2. The van der Waals surface area contributed by atoms with Gasteiger partial charge in [0.25, 0.3) is 0 Å². The van der Waals surface area contributed by atoms with Gasteiger partial charge in [-0.15, -0.1) is 0 Å². The van der Waals surface area contributed by atoms with E-state index in [4.69, 9.17) is 0 Å². The van der Waals surface area contributed by atoms with Crippen molar-refractivity contribution in [1.82, 2.24) is 34.9 Å². The van der Waals surface area contributed by atoms with E-state index in [0.717, 1.165) is 91.0 Å². The van der Waals surface area contributed by atoms with E-state index in [1.165, 1.54) is 5.56 Å². The second-order valence-electron chi connectivity index (χ2n) is 12.4. The molecule has 0 radical (unpaired) electrons. The monoisotopic (exact) mass is 614 g/mol. The molecule has 3 aromatic heterocycles. The van der Waals surface area contributed by atoms with Gasteiger partial charge in [-0.3, -0.25) is 24.6 Å². The summed E-state index contributed by atoms with van der Waals surface area (Å²) in [6.45, 7) is 3.34. The highest BCUT2D eigenvalue weighted by Gasteiger charge is 2.31. The number of anilines is 1. The zero-order valence-corrected chi connectivity index (χ0v) is 25.8. The number of pyridine rings is 1. The van der Waals surface area contributed by atoms with Crippen LogP contribution in [0.5, 0.6) is 0 Å². The first-order valence-corrected chi connectivity index (χ1v) is 16.1. The van der Waals surface area contributed by atoms with Gasteiger partial charge >= 0.3 is 0 Å². The smallest absolute Gasteiger partial charge is 0.236 e. The Morgan fingerprint density at radius 3 is 2.43 bits per heavy atom. The predicted molar refractivity (Wildman–Crippen MR) is 178 cm³/mol. The molecule has 2 N–H and O–H groups in total. The third-order valence-corrected chi connectivity index (χ3v) is 9.37. The number of aromatic nitrogens is 5. The second kappa shape index (κ2) is 13.6. The van der Waals surface area contributed by atoms with Gasteiger partial charge in [0.05, 0.1) is 18.0 Å². The van der Waals surface area contributed by atoms with Crippen LogP contribution in [0.1, 0.15) is 31.2 Å². The van der Waals surface area contributed by atoms with Crippen molar-refractivity contribution in [2.45, 2.75) is 32.1 Å². The van der Waals surface area contributed by atoms with Crippen molar-refractivity contribution in [2.24, 2.45) is 11.8 Å². The molecule has 2 aromatic carbocycles. The molecule has 0 bridgehead atoms. The van der Waals surface area contributed by atoms with Crippen molar-refractivity contribution in [3.63, 3.8) is 0 Å². The Morgan fingerprint density at radius 2 is 1.65 bits per heavy atom. The van der Waals surface area contributed by atoms with Crippen LogP contribution >= 0.6 is 0 Å². The summed E-state index contributed by atoms with van der Waals surface area (Å²) >= 11 is 0. The second-order valence-corrected chi connectivity index (χ2v) is 12.4. The van der Waals surface area contributed by atoms with Crippen LogP contribution in [-0.2, 0) is 16.0 Å². The summed E-state index contributed by atoms with van der Waals surface area (Å²) in [6, 6.07) is 20.0. The molecule has 0 aliphatic carbocycles. The van der Waals surface area contributed by atoms with Crippen LogP contribution < -0.4 is 5.32 Å². The van der Waals surface area contributed by atoms with Gasteiger partial charge in [0.15, 0.2) is 5.82 Å². The normalized spacial score (nSPS) is 17.4. The van der Waals surface area contributed by atoms with Crippen molar-refractivity contribution >= 4 is 28.4 Å². The zero-order valence-electron chi connectivity index (χ0n) is 25.8. The molecule has 5 heterocycles. The lowest BCUT2D eigenvalue weighted by atomic mass is 9.90. The molecule has 10 nitrogen and oxygen atoms in total. The van der Waals surface area contributed by atoms with E-state index in [2.05, 4.69) is 59.6 Å². The molecule has 1 atom stereocenters. The van der Waals surface area contributed by atoms with Gasteiger partial charge in [-0.2, -0.15) is 5.10 Å². The highest BCUT2D eigenvalue weighted by atomic mass is 16.2. The van der Waals surface area contributed by atoms with Crippen LogP contribution in [0.2, 0.25) is 0 Å². The number of hydrogen-bond donors (Lipinski definition) is 2. The van der Waals surface area contributed by atoms with Gasteiger partial charge in [-0.25, -0.2) is 9.97 Å². The fraction of sp³-hybridized carbons (Fsp3) is 0.333. The molecule has 46 heavy (non-hydrogen) atoms. The number of carbonyl (C=O) groups is 2. The lowest BCUT2D eigenvalue weighted by Crippen LogP contribution is -2.44.